The Kier molecular flexibility index (Phi) is 5.09. The van der Waals surface area contributed by atoms with Gasteiger partial charge in [-0.05, 0) is 18.2 Å². The van der Waals surface area contributed by atoms with Crippen LogP contribution < -0.4 is 9.47 Å². The van der Waals surface area contributed by atoms with Crippen molar-refractivity contribution in [3.05, 3.63) is 64.5 Å². The summed E-state index contributed by atoms with van der Waals surface area (Å²) in [4.78, 5) is 10.2. The van der Waals surface area contributed by atoms with E-state index in [0.29, 0.717) is 13.0 Å². The maximum absolute atomic E-state index is 13.1. The van der Waals surface area contributed by atoms with Crippen LogP contribution in [0.1, 0.15) is 6.42 Å². The number of nitrogens with zero attached hydrogens (tertiary/aromatic N) is 1. The van der Waals surface area contributed by atoms with Crippen molar-refractivity contribution in [2.45, 2.75) is 6.42 Å². The van der Waals surface area contributed by atoms with Crippen LogP contribution >= 0.6 is 0 Å². The molecule has 2 rings (SSSR count). The summed E-state index contributed by atoms with van der Waals surface area (Å²) in [5.74, 6) is 0.102. The van der Waals surface area contributed by atoms with E-state index in [1.54, 1.807) is 0 Å². The third-order valence-electron chi connectivity index (χ3n) is 2.68. The third-order valence-corrected chi connectivity index (χ3v) is 2.68. The highest BCUT2D eigenvalue weighted by Crippen LogP contribution is 2.27. The quantitative estimate of drug-likeness (QED) is 0.444. The number of hydrogen-bond acceptors (Lipinski definition) is 4. The minimum absolute atomic E-state index is 0.0697. The molecule has 110 valence electrons. The number of ether oxygens (including phenoxy) is 2. The Morgan fingerprint density at radius 1 is 1.05 bits per heavy atom. The molecule has 0 heterocycles. The number of rotatable bonds is 7. The fourth-order valence-electron chi connectivity index (χ4n) is 1.70. The molecule has 0 bridgehead atoms. The van der Waals surface area contributed by atoms with Crippen molar-refractivity contribution in [3.8, 4) is 11.5 Å². The molecule has 0 radical (unpaired) electrons. The van der Waals surface area contributed by atoms with Crippen molar-refractivity contribution in [1.29, 1.82) is 0 Å². The number of para-hydroxylation sites is 1. The lowest BCUT2D eigenvalue weighted by Crippen LogP contribution is -2.06. The Balaban J connectivity index is 1.81. The molecule has 21 heavy (non-hydrogen) atoms. The second-order valence-corrected chi connectivity index (χ2v) is 4.23. The number of benzene rings is 2. The summed E-state index contributed by atoms with van der Waals surface area (Å²) in [7, 11) is 0. The summed E-state index contributed by atoms with van der Waals surface area (Å²) in [6.45, 7) is 0.615. The average Bonchev–Trinajstić information content (AvgIpc) is 2.48. The molecule has 0 unspecified atom stereocenters. The molecule has 2 aromatic carbocycles. The van der Waals surface area contributed by atoms with Gasteiger partial charge in [0.25, 0.3) is 0 Å². The van der Waals surface area contributed by atoms with Crippen LogP contribution in [0.2, 0.25) is 0 Å². The van der Waals surface area contributed by atoms with Gasteiger partial charge in [0.1, 0.15) is 11.6 Å². The SMILES string of the molecule is O=[N+]([O-])c1ccc(F)cc1OCCCOc1ccccc1. The van der Waals surface area contributed by atoms with Gasteiger partial charge in [0.05, 0.1) is 18.1 Å². The van der Waals surface area contributed by atoms with Gasteiger partial charge in [0.15, 0.2) is 5.75 Å². The minimum atomic E-state index is -0.602. The first-order valence-electron chi connectivity index (χ1n) is 6.41. The Labute approximate surface area is 121 Å². The predicted molar refractivity (Wildman–Crippen MR) is 75.1 cm³/mol. The molecule has 0 saturated carbocycles. The van der Waals surface area contributed by atoms with E-state index in [0.717, 1.165) is 23.9 Å². The molecule has 0 fully saturated rings. The Morgan fingerprint density at radius 2 is 1.76 bits per heavy atom. The van der Waals surface area contributed by atoms with E-state index in [4.69, 9.17) is 9.47 Å². The molecule has 0 aliphatic carbocycles. The molecule has 0 aliphatic heterocycles. The molecule has 0 saturated heterocycles. The number of nitro groups is 1. The number of nitro benzene ring substituents is 1. The van der Waals surface area contributed by atoms with Crippen molar-refractivity contribution < 1.29 is 18.8 Å². The van der Waals surface area contributed by atoms with Crippen LogP contribution in [0.5, 0.6) is 11.5 Å². The topological polar surface area (TPSA) is 61.6 Å². The highest BCUT2D eigenvalue weighted by molar-refractivity contribution is 5.46. The van der Waals surface area contributed by atoms with Gasteiger partial charge in [0.2, 0.25) is 0 Å². The Bertz CT molecular complexity index is 604. The fraction of sp³-hybridized carbons (Fsp3) is 0.200. The van der Waals surface area contributed by atoms with Gasteiger partial charge in [-0.2, -0.15) is 0 Å². The summed E-state index contributed by atoms with van der Waals surface area (Å²) in [6.07, 6.45) is 0.530. The average molecular weight is 291 g/mol. The minimum Gasteiger partial charge on any atom is -0.493 e. The lowest BCUT2D eigenvalue weighted by atomic mass is 10.3. The monoisotopic (exact) mass is 291 g/mol. The highest BCUT2D eigenvalue weighted by Gasteiger charge is 2.15. The van der Waals surface area contributed by atoms with Crippen molar-refractivity contribution in [1.82, 2.24) is 0 Å². The first-order valence-corrected chi connectivity index (χ1v) is 6.41. The van der Waals surface area contributed by atoms with E-state index in [9.17, 15) is 14.5 Å². The van der Waals surface area contributed by atoms with Crippen molar-refractivity contribution in [3.63, 3.8) is 0 Å². The number of halogens is 1. The van der Waals surface area contributed by atoms with Crippen LogP contribution in [0.4, 0.5) is 10.1 Å². The van der Waals surface area contributed by atoms with Crippen molar-refractivity contribution >= 4 is 5.69 Å². The molecule has 6 heteroatoms. The third kappa shape index (κ3) is 4.45. The van der Waals surface area contributed by atoms with Gasteiger partial charge in [-0.3, -0.25) is 10.1 Å². The maximum Gasteiger partial charge on any atom is 0.311 e. The van der Waals surface area contributed by atoms with Crippen LogP contribution in [-0.4, -0.2) is 18.1 Å². The van der Waals surface area contributed by atoms with Crippen LogP contribution in [0.15, 0.2) is 48.5 Å². The summed E-state index contributed by atoms with van der Waals surface area (Å²) < 4.78 is 23.8. The van der Waals surface area contributed by atoms with Gasteiger partial charge in [-0.1, -0.05) is 18.2 Å². The van der Waals surface area contributed by atoms with E-state index in [2.05, 4.69) is 0 Å². The zero-order chi connectivity index (χ0) is 15.1. The van der Waals surface area contributed by atoms with Gasteiger partial charge in [0, 0.05) is 18.6 Å². The largest absolute Gasteiger partial charge is 0.493 e. The van der Waals surface area contributed by atoms with Crippen LogP contribution in [0.3, 0.4) is 0 Å². The Morgan fingerprint density at radius 3 is 2.48 bits per heavy atom. The smallest absolute Gasteiger partial charge is 0.311 e. The summed E-state index contributed by atoms with van der Waals surface area (Å²) in [6, 6.07) is 12.4. The van der Waals surface area contributed by atoms with Crippen LogP contribution in [0.25, 0.3) is 0 Å². The predicted octanol–water partition coefficient (Wildman–Crippen LogP) is 3.58. The second-order valence-electron chi connectivity index (χ2n) is 4.23. The second kappa shape index (κ2) is 7.23. The van der Waals surface area contributed by atoms with Gasteiger partial charge in [-0.15, -0.1) is 0 Å². The summed E-state index contributed by atoms with van der Waals surface area (Å²) in [5, 5.41) is 10.8. The molecule has 2 aromatic rings. The number of hydrogen-bond donors (Lipinski definition) is 0. The van der Waals surface area contributed by atoms with E-state index >= 15 is 0 Å². The van der Waals surface area contributed by atoms with Crippen molar-refractivity contribution in [2.24, 2.45) is 0 Å². The summed E-state index contributed by atoms with van der Waals surface area (Å²) in [5.41, 5.74) is -0.250. The van der Waals surface area contributed by atoms with Gasteiger partial charge < -0.3 is 9.47 Å². The van der Waals surface area contributed by atoms with Crippen LogP contribution in [-0.2, 0) is 0 Å². The zero-order valence-corrected chi connectivity index (χ0v) is 11.2. The lowest BCUT2D eigenvalue weighted by Gasteiger charge is -2.08. The zero-order valence-electron chi connectivity index (χ0n) is 11.2. The fourth-order valence-corrected chi connectivity index (χ4v) is 1.70. The molecule has 0 spiro atoms. The molecule has 0 atom stereocenters. The van der Waals surface area contributed by atoms with E-state index in [1.807, 2.05) is 30.3 Å². The first-order chi connectivity index (χ1) is 10.2. The maximum atomic E-state index is 13.1. The molecular weight excluding hydrogens is 277 g/mol. The lowest BCUT2D eigenvalue weighted by molar-refractivity contribution is -0.385. The normalized spacial score (nSPS) is 10.1. The highest BCUT2D eigenvalue weighted by atomic mass is 19.1. The van der Waals surface area contributed by atoms with Crippen molar-refractivity contribution in [2.75, 3.05) is 13.2 Å². The molecular formula is C15H14FNO4. The van der Waals surface area contributed by atoms with E-state index in [1.165, 1.54) is 0 Å². The molecule has 0 aliphatic rings. The standard InChI is InChI=1S/C15H14FNO4/c16-12-7-8-14(17(18)19)15(11-12)21-10-4-9-20-13-5-2-1-3-6-13/h1-3,5-8,11H,4,9-10H2. The molecule has 0 aromatic heterocycles. The van der Waals surface area contributed by atoms with E-state index in [-0.39, 0.29) is 18.0 Å². The summed E-state index contributed by atoms with van der Waals surface area (Å²) >= 11 is 0. The first kappa shape index (κ1) is 14.8. The van der Waals surface area contributed by atoms with Gasteiger partial charge in [-0.25, -0.2) is 4.39 Å². The molecule has 0 amide bonds. The van der Waals surface area contributed by atoms with E-state index < -0.39 is 10.7 Å². The molecule has 0 N–H and O–H groups in total. The van der Waals surface area contributed by atoms with Crippen LogP contribution in [0, 0.1) is 15.9 Å². The Hall–Kier alpha value is -2.63. The molecule has 5 nitrogen and oxygen atoms in total. The van der Waals surface area contributed by atoms with Gasteiger partial charge >= 0.3 is 5.69 Å².